The van der Waals surface area contributed by atoms with Crippen LogP contribution in [-0.4, -0.2) is 21.7 Å². The molecular formula is C26H28N2O5. The molecule has 7 heteroatoms. The number of hydrogen-bond acceptors (Lipinski definition) is 6. The Kier molecular flexibility index (Phi) is 7.29. The average molecular weight is 449 g/mol. The summed E-state index contributed by atoms with van der Waals surface area (Å²) in [6, 6.07) is 18.0. The van der Waals surface area contributed by atoms with Crippen molar-refractivity contribution in [3.63, 3.8) is 0 Å². The Morgan fingerprint density at radius 2 is 1.70 bits per heavy atom. The molecule has 0 atom stereocenters. The van der Waals surface area contributed by atoms with Gasteiger partial charge in [0.1, 0.15) is 11.5 Å². The van der Waals surface area contributed by atoms with Gasteiger partial charge in [0.2, 0.25) is 11.8 Å². The number of ether oxygens (including phenoxy) is 1. The summed E-state index contributed by atoms with van der Waals surface area (Å²) in [6.07, 6.45) is 5.04. The lowest BCUT2D eigenvalue weighted by molar-refractivity contribution is 0.320. The van der Waals surface area contributed by atoms with Crippen LogP contribution < -0.4 is 10.5 Å². The molecule has 0 saturated carbocycles. The summed E-state index contributed by atoms with van der Waals surface area (Å²) in [5, 5.41) is 9.51. The molecular weight excluding hydrogens is 420 g/mol. The monoisotopic (exact) mass is 448 g/mol. The summed E-state index contributed by atoms with van der Waals surface area (Å²) >= 11 is 0. The van der Waals surface area contributed by atoms with E-state index in [0.29, 0.717) is 31.1 Å². The zero-order valence-corrected chi connectivity index (χ0v) is 18.7. The van der Waals surface area contributed by atoms with E-state index in [0.717, 1.165) is 48.5 Å². The molecule has 4 aromatic rings. The molecule has 0 spiro atoms. The normalized spacial score (nSPS) is 11.1. The molecule has 0 amide bonds. The van der Waals surface area contributed by atoms with Crippen molar-refractivity contribution in [1.29, 1.82) is 0 Å². The van der Waals surface area contributed by atoms with Gasteiger partial charge in [0.25, 0.3) is 0 Å². The lowest BCUT2D eigenvalue weighted by atomic mass is 10.1. The molecule has 2 aromatic heterocycles. The van der Waals surface area contributed by atoms with Gasteiger partial charge in [-0.05, 0) is 56.0 Å². The number of aromatic hydroxyl groups is 1. The van der Waals surface area contributed by atoms with Crippen molar-refractivity contribution in [2.45, 2.75) is 45.4 Å². The Morgan fingerprint density at radius 1 is 0.939 bits per heavy atom. The highest BCUT2D eigenvalue weighted by Crippen LogP contribution is 2.22. The maximum atomic E-state index is 11.0. The van der Waals surface area contributed by atoms with Crippen molar-refractivity contribution in [3.05, 3.63) is 87.9 Å². The highest BCUT2D eigenvalue weighted by molar-refractivity contribution is 5.53. The van der Waals surface area contributed by atoms with Gasteiger partial charge in [-0.15, -0.1) is 0 Å². The van der Waals surface area contributed by atoms with Crippen molar-refractivity contribution < 1.29 is 18.7 Å². The lowest BCUT2D eigenvalue weighted by Gasteiger charge is -2.07. The minimum absolute atomic E-state index is 0.161. The van der Waals surface area contributed by atoms with E-state index in [9.17, 15) is 9.90 Å². The van der Waals surface area contributed by atoms with Gasteiger partial charge in [0.05, 0.1) is 12.3 Å². The Labute approximate surface area is 192 Å². The van der Waals surface area contributed by atoms with Crippen LogP contribution in [0.25, 0.3) is 11.5 Å². The van der Waals surface area contributed by atoms with Crippen LogP contribution in [0.1, 0.15) is 42.0 Å². The summed E-state index contributed by atoms with van der Waals surface area (Å²) in [7, 11) is 0. The fourth-order valence-corrected chi connectivity index (χ4v) is 3.70. The number of aromatic nitrogens is 2. The Bertz CT molecular complexity index is 1210. The zero-order valence-electron chi connectivity index (χ0n) is 18.7. The van der Waals surface area contributed by atoms with Crippen LogP contribution in [0.3, 0.4) is 0 Å². The van der Waals surface area contributed by atoms with E-state index in [2.05, 4.69) is 22.1 Å². The number of H-pyrrole nitrogens is 1. The summed E-state index contributed by atoms with van der Waals surface area (Å²) in [5.41, 5.74) is 3.13. The Hall–Kier alpha value is -3.74. The molecule has 0 aliphatic heterocycles. The van der Waals surface area contributed by atoms with Gasteiger partial charge >= 0.3 is 5.76 Å². The topological polar surface area (TPSA) is 101 Å². The van der Waals surface area contributed by atoms with Crippen molar-refractivity contribution in [2.24, 2.45) is 0 Å². The first-order valence-corrected chi connectivity index (χ1v) is 11.2. The van der Waals surface area contributed by atoms with Crippen LogP contribution in [0.15, 0.2) is 68.2 Å². The van der Waals surface area contributed by atoms with Gasteiger partial charge in [-0.2, -0.15) is 0 Å². The van der Waals surface area contributed by atoms with Crippen LogP contribution in [0.4, 0.5) is 0 Å². The summed E-state index contributed by atoms with van der Waals surface area (Å²) in [5.74, 6) is 1.85. The standard InChI is InChI=1S/C26H28N2O5/c1-18-22(27-25(32-18)20-9-5-3-6-10-20)16-17-31-21-14-12-19(13-15-21)8-4-2-7-11-23-24(29)28-26(30)33-23/h3,5-6,9-10,12-15,29H,2,4,7-8,11,16-17H2,1H3,(H,28,30). The van der Waals surface area contributed by atoms with Crippen LogP contribution in [0.2, 0.25) is 0 Å². The van der Waals surface area contributed by atoms with Crippen LogP contribution in [-0.2, 0) is 19.3 Å². The van der Waals surface area contributed by atoms with Gasteiger partial charge in [0, 0.05) is 18.4 Å². The average Bonchev–Trinajstić information content (AvgIpc) is 3.35. The number of nitrogens with one attached hydrogen (secondary N) is 1. The Morgan fingerprint density at radius 3 is 2.42 bits per heavy atom. The first kappa shape index (κ1) is 22.5. The molecule has 0 fully saturated rings. The fraction of sp³-hybridized carbons (Fsp3) is 0.308. The van der Waals surface area contributed by atoms with Crippen LogP contribution in [0.5, 0.6) is 11.6 Å². The number of benzene rings is 2. The third-order valence-electron chi connectivity index (χ3n) is 5.51. The maximum absolute atomic E-state index is 11.0. The van der Waals surface area contributed by atoms with E-state index >= 15 is 0 Å². The molecule has 0 aliphatic rings. The number of unbranched alkanes of at least 4 members (excludes halogenated alkanes) is 2. The quantitative estimate of drug-likeness (QED) is 0.305. The third kappa shape index (κ3) is 6.16. The molecule has 33 heavy (non-hydrogen) atoms. The zero-order chi connectivity index (χ0) is 23.0. The summed E-state index contributed by atoms with van der Waals surface area (Å²) < 4.78 is 16.6. The smallest absolute Gasteiger partial charge is 0.419 e. The minimum Gasteiger partial charge on any atom is -0.493 e. The molecule has 2 N–H and O–H groups in total. The van der Waals surface area contributed by atoms with Gasteiger partial charge in [-0.1, -0.05) is 36.8 Å². The molecule has 0 bridgehead atoms. The highest BCUT2D eigenvalue weighted by atomic mass is 16.5. The second-order valence-electron chi connectivity index (χ2n) is 7.98. The number of oxazole rings is 2. The number of rotatable bonds is 11. The van der Waals surface area contributed by atoms with Gasteiger partial charge in [-0.3, -0.25) is 4.98 Å². The lowest BCUT2D eigenvalue weighted by Crippen LogP contribution is -2.02. The van der Waals surface area contributed by atoms with Crippen molar-refractivity contribution in [2.75, 3.05) is 6.61 Å². The molecule has 2 aromatic carbocycles. The number of aryl methyl sites for hydroxylation is 3. The fourth-order valence-electron chi connectivity index (χ4n) is 3.70. The number of nitrogens with zero attached hydrogens (tertiary/aromatic N) is 1. The predicted octanol–water partition coefficient (Wildman–Crippen LogP) is 5.21. The second-order valence-corrected chi connectivity index (χ2v) is 7.98. The minimum atomic E-state index is -0.613. The maximum Gasteiger partial charge on any atom is 0.419 e. The summed E-state index contributed by atoms with van der Waals surface area (Å²) in [4.78, 5) is 17.9. The van der Waals surface area contributed by atoms with E-state index in [-0.39, 0.29) is 5.88 Å². The van der Waals surface area contributed by atoms with E-state index in [1.807, 2.05) is 49.4 Å². The number of hydrogen-bond donors (Lipinski definition) is 2. The molecule has 0 radical (unpaired) electrons. The first-order chi connectivity index (χ1) is 16.1. The molecule has 0 unspecified atom stereocenters. The van der Waals surface area contributed by atoms with Crippen LogP contribution in [0, 0.1) is 6.92 Å². The van der Waals surface area contributed by atoms with Crippen LogP contribution >= 0.6 is 0 Å². The first-order valence-electron chi connectivity index (χ1n) is 11.2. The largest absolute Gasteiger partial charge is 0.493 e. The van der Waals surface area contributed by atoms with Crippen molar-refractivity contribution in [3.8, 4) is 23.1 Å². The number of aromatic amines is 1. The molecule has 2 heterocycles. The second kappa shape index (κ2) is 10.7. The van der Waals surface area contributed by atoms with E-state index in [1.54, 1.807) is 0 Å². The van der Waals surface area contributed by atoms with E-state index < -0.39 is 5.76 Å². The van der Waals surface area contributed by atoms with Crippen molar-refractivity contribution >= 4 is 0 Å². The van der Waals surface area contributed by atoms with Gasteiger partial charge in [-0.25, -0.2) is 9.78 Å². The Balaban J connectivity index is 1.17. The highest BCUT2D eigenvalue weighted by Gasteiger charge is 2.11. The molecule has 0 saturated heterocycles. The van der Waals surface area contributed by atoms with Gasteiger partial charge < -0.3 is 18.7 Å². The van der Waals surface area contributed by atoms with Gasteiger partial charge in [0.15, 0.2) is 5.76 Å². The molecule has 7 nitrogen and oxygen atoms in total. The predicted molar refractivity (Wildman–Crippen MR) is 125 cm³/mol. The molecule has 0 aliphatic carbocycles. The molecule has 4 rings (SSSR count). The third-order valence-corrected chi connectivity index (χ3v) is 5.51. The van der Waals surface area contributed by atoms with E-state index in [1.165, 1.54) is 5.56 Å². The van der Waals surface area contributed by atoms with E-state index in [4.69, 9.17) is 13.6 Å². The van der Waals surface area contributed by atoms with Crippen molar-refractivity contribution in [1.82, 2.24) is 9.97 Å². The molecule has 172 valence electrons. The SMILES string of the molecule is Cc1oc(-c2ccccc2)nc1CCOc1ccc(CCCCCc2oc(=O)[nH]c2O)cc1. The summed E-state index contributed by atoms with van der Waals surface area (Å²) in [6.45, 7) is 2.46.